The number of halogens is 4. The number of benzene rings is 2. The second kappa shape index (κ2) is 11.7. The molecule has 222 valence electrons. The second-order valence-electron chi connectivity index (χ2n) is 11.6. The molecule has 3 heterocycles. The van der Waals surface area contributed by atoms with Crippen LogP contribution in [0.2, 0.25) is 20.1 Å². The van der Waals surface area contributed by atoms with E-state index in [4.69, 9.17) is 51.1 Å². The zero-order valence-electron chi connectivity index (χ0n) is 22.9. The maximum atomic E-state index is 15.0. The molecule has 0 aromatic heterocycles. The fourth-order valence-electron chi connectivity index (χ4n) is 7.69. The zero-order chi connectivity index (χ0) is 29.8. The summed E-state index contributed by atoms with van der Waals surface area (Å²) >= 11 is 25.9. The van der Waals surface area contributed by atoms with Crippen molar-refractivity contribution in [1.29, 1.82) is 0 Å². The largest absolute Gasteiger partial charge is 0.461 e. The van der Waals surface area contributed by atoms with Gasteiger partial charge in [-0.05, 0) is 68.5 Å². The van der Waals surface area contributed by atoms with Gasteiger partial charge in [0.2, 0.25) is 5.91 Å². The van der Waals surface area contributed by atoms with Gasteiger partial charge >= 0.3 is 5.97 Å². The van der Waals surface area contributed by atoms with Gasteiger partial charge in [0.05, 0.1) is 16.6 Å². The molecule has 1 unspecified atom stereocenters. The van der Waals surface area contributed by atoms with E-state index in [2.05, 4.69) is 11.9 Å². The number of anilines is 2. The van der Waals surface area contributed by atoms with Crippen molar-refractivity contribution in [3.63, 3.8) is 0 Å². The van der Waals surface area contributed by atoms with Crippen molar-refractivity contribution in [2.24, 2.45) is 17.8 Å². The van der Waals surface area contributed by atoms with E-state index in [1.54, 1.807) is 35.2 Å². The summed E-state index contributed by atoms with van der Waals surface area (Å²) in [6.07, 6.45) is 7.05. The van der Waals surface area contributed by atoms with Crippen LogP contribution in [0.3, 0.4) is 0 Å². The number of fused-ring (bicyclic) bond motifs is 4. The molecule has 0 radical (unpaired) electrons. The molecule has 7 nitrogen and oxygen atoms in total. The Hall–Kier alpha value is -2.29. The fraction of sp³-hybridized carbons (Fsp3) is 0.452. The number of esters is 1. The first-order chi connectivity index (χ1) is 20.2. The molecule has 2 amide bonds. The van der Waals surface area contributed by atoms with E-state index >= 15 is 0 Å². The van der Waals surface area contributed by atoms with Gasteiger partial charge in [0.25, 0.3) is 5.91 Å². The van der Waals surface area contributed by atoms with Gasteiger partial charge in [-0.3, -0.25) is 19.3 Å². The highest BCUT2D eigenvalue weighted by Gasteiger charge is 2.72. The van der Waals surface area contributed by atoms with Crippen LogP contribution >= 0.6 is 46.4 Å². The Labute approximate surface area is 265 Å². The molecule has 4 aliphatic rings. The van der Waals surface area contributed by atoms with Crippen LogP contribution in [0.25, 0.3) is 0 Å². The van der Waals surface area contributed by atoms with E-state index < -0.39 is 35.3 Å². The number of ether oxygens (including phenoxy) is 1. The molecule has 1 aliphatic carbocycles. The van der Waals surface area contributed by atoms with E-state index in [1.165, 1.54) is 6.08 Å². The predicted octanol–water partition coefficient (Wildman–Crippen LogP) is 7.11. The summed E-state index contributed by atoms with van der Waals surface area (Å²) in [6.45, 7) is 4.59. The van der Waals surface area contributed by atoms with Crippen molar-refractivity contribution >= 4 is 75.6 Å². The second-order valence-corrected chi connectivity index (χ2v) is 13.3. The molecular formula is C31H31Cl4N3O4. The minimum atomic E-state index is -1.52. The molecular weight excluding hydrogens is 620 g/mol. The molecule has 6 rings (SSSR count). The summed E-state index contributed by atoms with van der Waals surface area (Å²) in [5.74, 6) is -3.08. The standard InChI is InChI=1S/C31H31Cl4N3O4/c1-2-10-42-29(40)26-25(28(39)37(16-17-6-3-4-7-17)21-12-18(32)11-19(33)13-21)24-8-5-9-38(24)31(26)22-14-20(34)15-23(35)27(22)36-30(31)41/h2,11-15,17,24-26H,1,3-10,16H2,(H,36,41)/t24-,25+,26-,31?/m0/s1. The Bertz CT molecular complexity index is 1440. The Balaban J connectivity index is 1.52. The van der Waals surface area contributed by atoms with Crippen LogP contribution in [0.4, 0.5) is 11.4 Å². The van der Waals surface area contributed by atoms with E-state index in [1.807, 2.05) is 4.90 Å². The highest BCUT2D eigenvalue weighted by Crippen LogP contribution is 2.60. The number of hydrogen-bond donors (Lipinski definition) is 1. The first-order valence-electron chi connectivity index (χ1n) is 14.3. The lowest BCUT2D eigenvalue weighted by Crippen LogP contribution is -2.54. The summed E-state index contributed by atoms with van der Waals surface area (Å²) < 4.78 is 5.65. The van der Waals surface area contributed by atoms with Crippen molar-refractivity contribution < 1.29 is 19.1 Å². The molecule has 3 aliphatic heterocycles. The monoisotopic (exact) mass is 649 g/mol. The number of carbonyl (C=O) groups excluding carboxylic acids is 3. The maximum absolute atomic E-state index is 15.0. The summed E-state index contributed by atoms with van der Waals surface area (Å²) in [7, 11) is 0. The summed E-state index contributed by atoms with van der Waals surface area (Å²) in [5.41, 5.74) is -0.0682. The highest BCUT2D eigenvalue weighted by atomic mass is 35.5. The van der Waals surface area contributed by atoms with Gasteiger partial charge in [-0.2, -0.15) is 0 Å². The quantitative estimate of drug-likeness (QED) is 0.255. The van der Waals surface area contributed by atoms with Gasteiger partial charge in [0, 0.05) is 38.9 Å². The first-order valence-corrected chi connectivity index (χ1v) is 15.8. The van der Waals surface area contributed by atoms with Gasteiger partial charge in [-0.1, -0.05) is 71.9 Å². The molecule has 0 bridgehead atoms. The Morgan fingerprint density at radius 3 is 2.40 bits per heavy atom. The van der Waals surface area contributed by atoms with Crippen molar-refractivity contribution in [3.8, 4) is 0 Å². The number of amides is 2. The lowest BCUT2D eigenvalue weighted by Gasteiger charge is -2.36. The Morgan fingerprint density at radius 1 is 1.02 bits per heavy atom. The molecule has 4 atom stereocenters. The minimum Gasteiger partial charge on any atom is -0.461 e. The normalized spacial score (nSPS) is 26.8. The van der Waals surface area contributed by atoms with Crippen LogP contribution in [0.1, 0.15) is 44.1 Å². The topological polar surface area (TPSA) is 79.0 Å². The first kappa shape index (κ1) is 29.8. The average Bonchev–Trinajstić information content (AvgIpc) is 3.71. The van der Waals surface area contributed by atoms with Crippen molar-refractivity contribution in [2.45, 2.75) is 50.1 Å². The average molecular weight is 651 g/mol. The molecule has 42 heavy (non-hydrogen) atoms. The van der Waals surface area contributed by atoms with Gasteiger partial charge in [0.1, 0.15) is 18.1 Å². The molecule has 3 fully saturated rings. The number of carbonyl (C=O) groups is 3. The van der Waals surface area contributed by atoms with E-state index in [9.17, 15) is 14.4 Å². The van der Waals surface area contributed by atoms with E-state index in [0.29, 0.717) is 57.4 Å². The summed E-state index contributed by atoms with van der Waals surface area (Å²) in [5, 5.41) is 4.32. The highest BCUT2D eigenvalue weighted by molar-refractivity contribution is 6.38. The predicted molar refractivity (Wildman–Crippen MR) is 165 cm³/mol. The fourth-order valence-corrected chi connectivity index (χ4v) is 8.75. The number of rotatable bonds is 7. The van der Waals surface area contributed by atoms with Crippen LogP contribution in [0.15, 0.2) is 43.0 Å². The number of nitrogens with zero attached hydrogens (tertiary/aromatic N) is 2. The summed E-state index contributed by atoms with van der Waals surface area (Å²) in [4.78, 5) is 47.0. The SMILES string of the molecule is C=CCOC(=O)[C@@H]1[C@H](C(=O)N(CC2CCCC2)c2cc(Cl)cc(Cl)c2)[C@@H]2CCCN2C12C(=O)Nc1c(Cl)cc(Cl)cc12. The maximum Gasteiger partial charge on any atom is 0.312 e. The third-order valence-electron chi connectivity index (χ3n) is 9.25. The van der Waals surface area contributed by atoms with Crippen LogP contribution in [0, 0.1) is 17.8 Å². The van der Waals surface area contributed by atoms with Crippen LogP contribution < -0.4 is 10.2 Å². The smallest absolute Gasteiger partial charge is 0.312 e. The molecule has 11 heteroatoms. The van der Waals surface area contributed by atoms with Crippen molar-refractivity contribution in [2.75, 3.05) is 29.9 Å². The lowest BCUT2D eigenvalue weighted by atomic mass is 9.73. The molecule has 2 aromatic rings. The Morgan fingerprint density at radius 2 is 1.71 bits per heavy atom. The van der Waals surface area contributed by atoms with Gasteiger partial charge in [0.15, 0.2) is 0 Å². The van der Waals surface area contributed by atoms with Crippen LogP contribution in [-0.4, -0.2) is 48.4 Å². The third-order valence-corrected chi connectivity index (χ3v) is 10.2. The molecule has 1 saturated carbocycles. The number of nitrogens with one attached hydrogen (secondary N) is 1. The zero-order valence-corrected chi connectivity index (χ0v) is 25.9. The van der Waals surface area contributed by atoms with Crippen molar-refractivity contribution in [1.82, 2.24) is 4.90 Å². The van der Waals surface area contributed by atoms with Gasteiger partial charge < -0.3 is 15.0 Å². The van der Waals surface area contributed by atoms with Crippen molar-refractivity contribution in [3.05, 3.63) is 68.6 Å². The van der Waals surface area contributed by atoms with E-state index in [0.717, 1.165) is 32.1 Å². The molecule has 1 N–H and O–H groups in total. The molecule has 2 aromatic carbocycles. The van der Waals surface area contributed by atoms with Crippen LogP contribution in [-0.2, 0) is 24.7 Å². The molecule has 1 spiro atoms. The van der Waals surface area contributed by atoms with E-state index in [-0.39, 0.29) is 17.5 Å². The van der Waals surface area contributed by atoms with Crippen LogP contribution in [0.5, 0.6) is 0 Å². The van der Waals surface area contributed by atoms with Gasteiger partial charge in [-0.15, -0.1) is 0 Å². The summed E-state index contributed by atoms with van der Waals surface area (Å²) in [6, 6.07) is 7.89. The third kappa shape index (κ3) is 4.82. The minimum absolute atomic E-state index is 0.0581. The number of hydrogen-bond acceptors (Lipinski definition) is 5. The Kier molecular flexibility index (Phi) is 8.26. The van der Waals surface area contributed by atoms with Gasteiger partial charge in [-0.25, -0.2) is 0 Å². The molecule has 2 saturated heterocycles. The lowest BCUT2D eigenvalue weighted by molar-refractivity contribution is -0.157.